The van der Waals surface area contributed by atoms with Crippen molar-refractivity contribution in [1.29, 1.82) is 0 Å². The molecule has 1 aromatic carbocycles. The number of sulfonamides is 1. The average Bonchev–Trinajstić information content (AvgIpc) is 2.73. The molecule has 0 radical (unpaired) electrons. The van der Waals surface area contributed by atoms with Gasteiger partial charge in [-0.1, -0.05) is 29.8 Å². The number of carbonyl (C=O) groups excluding carboxylic acids is 2. The lowest BCUT2D eigenvalue weighted by atomic mass is 9.97. The number of hydrogen-bond acceptors (Lipinski definition) is 5. The number of amides is 2. The van der Waals surface area contributed by atoms with E-state index >= 15 is 0 Å². The maximum absolute atomic E-state index is 12.7. The number of para-hydroxylation sites is 1. The van der Waals surface area contributed by atoms with Crippen LogP contribution >= 0.6 is 11.6 Å². The molecule has 1 aliphatic heterocycles. The van der Waals surface area contributed by atoms with Crippen molar-refractivity contribution in [3.8, 4) is 0 Å². The van der Waals surface area contributed by atoms with Crippen LogP contribution < -0.4 is 10.6 Å². The lowest BCUT2D eigenvalue weighted by Crippen LogP contribution is -2.44. The number of piperidine rings is 1. The van der Waals surface area contributed by atoms with Crippen LogP contribution in [0, 0.1) is 5.92 Å². The van der Waals surface area contributed by atoms with E-state index in [4.69, 9.17) is 11.6 Å². The number of hydrogen-bond donors (Lipinski definition) is 2. The van der Waals surface area contributed by atoms with Gasteiger partial charge in [0.2, 0.25) is 21.8 Å². The van der Waals surface area contributed by atoms with Gasteiger partial charge in [0.15, 0.2) is 0 Å². The summed E-state index contributed by atoms with van der Waals surface area (Å²) < 4.78 is 26.7. The molecule has 154 valence electrons. The quantitative estimate of drug-likeness (QED) is 0.672. The third-order valence-electron chi connectivity index (χ3n) is 4.65. The maximum atomic E-state index is 12.7. The summed E-state index contributed by atoms with van der Waals surface area (Å²) in [4.78, 5) is 28.1. The van der Waals surface area contributed by atoms with Gasteiger partial charge in [-0.2, -0.15) is 4.31 Å². The first kappa shape index (κ1) is 21.2. The highest BCUT2D eigenvalue weighted by atomic mass is 35.5. The molecule has 0 spiro atoms. The van der Waals surface area contributed by atoms with Gasteiger partial charge in [0.1, 0.15) is 10.0 Å². The van der Waals surface area contributed by atoms with E-state index in [1.807, 2.05) is 6.07 Å². The number of rotatable bonds is 6. The van der Waals surface area contributed by atoms with Gasteiger partial charge < -0.3 is 10.6 Å². The van der Waals surface area contributed by atoms with Gasteiger partial charge in [-0.15, -0.1) is 0 Å². The zero-order valence-corrected chi connectivity index (χ0v) is 17.1. The molecule has 3 rings (SSSR count). The summed E-state index contributed by atoms with van der Waals surface area (Å²) in [6, 6.07) is 11.9. The molecule has 10 heteroatoms. The summed E-state index contributed by atoms with van der Waals surface area (Å²) in [6.07, 6.45) is 2.15. The largest absolute Gasteiger partial charge is 0.347 e. The minimum Gasteiger partial charge on any atom is -0.347 e. The standard InChI is InChI=1S/C19H21ClN4O4S/c20-18-16(7-4-10-21-18)29(27,28)24-11-8-14(9-12-24)19(26)22-13-17(25)23-15-5-2-1-3-6-15/h1-7,10,14H,8-9,11-13H2,(H,22,26)(H,23,25). The van der Waals surface area contributed by atoms with E-state index in [1.54, 1.807) is 24.3 Å². The summed E-state index contributed by atoms with van der Waals surface area (Å²) in [5.41, 5.74) is 0.652. The van der Waals surface area contributed by atoms with E-state index in [1.165, 1.54) is 22.6 Å². The van der Waals surface area contributed by atoms with E-state index in [2.05, 4.69) is 15.6 Å². The number of nitrogens with zero attached hydrogens (tertiary/aromatic N) is 2. The normalized spacial score (nSPS) is 15.6. The first-order valence-corrected chi connectivity index (χ1v) is 10.9. The Balaban J connectivity index is 1.49. The van der Waals surface area contributed by atoms with Crippen LogP contribution in [-0.2, 0) is 19.6 Å². The molecule has 0 atom stereocenters. The van der Waals surface area contributed by atoms with Gasteiger partial charge in [0.25, 0.3) is 0 Å². The smallest absolute Gasteiger partial charge is 0.246 e. The summed E-state index contributed by atoms with van der Waals surface area (Å²) in [7, 11) is -3.76. The van der Waals surface area contributed by atoms with Crippen molar-refractivity contribution in [3.63, 3.8) is 0 Å². The molecule has 1 aliphatic rings. The zero-order chi connectivity index (χ0) is 20.9. The van der Waals surface area contributed by atoms with E-state index < -0.39 is 10.0 Å². The average molecular weight is 437 g/mol. The molecular formula is C19H21ClN4O4S. The van der Waals surface area contributed by atoms with Crippen LogP contribution in [0.3, 0.4) is 0 Å². The van der Waals surface area contributed by atoms with Crippen molar-refractivity contribution in [2.45, 2.75) is 17.7 Å². The van der Waals surface area contributed by atoms with Gasteiger partial charge in [-0.25, -0.2) is 13.4 Å². The van der Waals surface area contributed by atoms with Crippen molar-refractivity contribution in [2.75, 3.05) is 25.0 Å². The Bertz CT molecular complexity index is 977. The lowest BCUT2D eigenvalue weighted by Gasteiger charge is -2.30. The maximum Gasteiger partial charge on any atom is 0.246 e. The predicted molar refractivity (Wildman–Crippen MR) is 109 cm³/mol. The molecule has 2 amide bonds. The summed E-state index contributed by atoms with van der Waals surface area (Å²) >= 11 is 5.92. The van der Waals surface area contributed by atoms with E-state index in [0.29, 0.717) is 18.5 Å². The van der Waals surface area contributed by atoms with Crippen molar-refractivity contribution in [2.24, 2.45) is 5.92 Å². The Kier molecular flexibility index (Phi) is 6.83. The predicted octanol–water partition coefficient (Wildman–Crippen LogP) is 1.89. The number of nitrogens with one attached hydrogen (secondary N) is 2. The molecule has 29 heavy (non-hydrogen) atoms. The molecule has 0 bridgehead atoms. The first-order valence-electron chi connectivity index (χ1n) is 9.11. The van der Waals surface area contributed by atoms with Crippen molar-refractivity contribution >= 4 is 39.1 Å². The van der Waals surface area contributed by atoms with Crippen LogP contribution in [0.5, 0.6) is 0 Å². The summed E-state index contributed by atoms with van der Waals surface area (Å²) in [5, 5.41) is 5.24. The van der Waals surface area contributed by atoms with Gasteiger partial charge in [-0.3, -0.25) is 9.59 Å². The fourth-order valence-corrected chi connectivity index (χ4v) is 5.00. The highest BCUT2D eigenvalue weighted by Gasteiger charge is 2.33. The van der Waals surface area contributed by atoms with Crippen molar-refractivity contribution < 1.29 is 18.0 Å². The van der Waals surface area contributed by atoms with Crippen molar-refractivity contribution in [3.05, 3.63) is 53.8 Å². The van der Waals surface area contributed by atoms with Crippen LogP contribution in [-0.4, -0.2) is 49.2 Å². The third kappa shape index (κ3) is 5.31. The number of carbonyl (C=O) groups is 2. The molecule has 2 N–H and O–H groups in total. The van der Waals surface area contributed by atoms with Gasteiger partial charge in [0.05, 0.1) is 6.54 Å². The Morgan fingerprint density at radius 1 is 1.10 bits per heavy atom. The fraction of sp³-hybridized carbons (Fsp3) is 0.316. The molecule has 0 unspecified atom stereocenters. The van der Waals surface area contributed by atoms with E-state index in [0.717, 1.165) is 0 Å². The Morgan fingerprint density at radius 3 is 2.45 bits per heavy atom. The molecule has 1 saturated heterocycles. The van der Waals surface area contributed by atoms with Crippen LogP contribution in [0.4, 0.5) is 5.69 Å². The fourth-order valence-electron chi connectivity index (χ4n) is 3.10. The number of pyridine rings is 1. The van der Waals surface area contributed by atoms with Gasteiger partial charge >= 0.3 is 0 Å². The molecule has 0 aliphatic carbocycles. The first-order chi connectivity index (χ1) is 13.9. The topological polar surface area (TPSA) is 108 Å². The summed E-state index contributed by atoms with van der Waals surface area (Å²) in [5.74, 6) is -0.934. The number of benzene rings is 1. The van der Waals surface area contributed by atoms with E-state index in [9.17, 15) is 18.0 Å². The number of aromatic nitrogens is 1. The minimum atomic E-state index is -3.76. The SMILES string of the molecule is O=C(CNC(=O)C1CCN(S(=O)(=O)c2cccnc2Cl)CC1)Nc1ccccc1. The molecule has 1 fully saturated rings. The third-order valence-corrected chi connectivity index (χ3v) is 6.99. The highest BCUT2D eigenvalue weighted by molar-refractivity contribution is 7.89. The van der Waals surface area contributed by atoms with Crippen LogP contribution in [0.2, 0.25) is 5.15 Å². The zero-order valence-electron chi connectivity index (χ0n) is 15.5. The van der Waals surface area contributed by atoms with Gasteiger partial charge in [0, 0.05) is 30.9 Å². The van der Waals surface area contributed by atoms with E-state index in [-0.39, 0.29) is 47.4 Å². The Hall–Kier alpha value is -2.49. The van der Waals surface area contributed by atoms with Crippen LogP contribution in [0.1, 0.15) is 12.8 Å². The Morgan fingerprint density at radius 2 is 1.79 bits per heavy atom. The molecule has 2 aromatic rings. The molecule has 1 aromatic heterocycles. The van der Waals surface area contributed by atoms with Crippen LogP contribution in [0.25, 0.3) is 0 Å². The number of anilines is 1. The highest BCUT2D eigenvalue weighted by Crippen LogP contribution is 2.27. The van der Waals surface area contributed by atoms with Crippen LogP contribution in [0.15, 0.2) is 53.6 Å². The Labute approximate surface area is 174 Å². The second-order valence-corrected chi connectivity index (χ2v) is 8.87. The second kappa shape index (κ2) is 9.34. The lowest BCUT2D eigenvalue weighted by molar-refractivity contribution is -0.128. The molecular weight excluding hydrogens is 416 g/mol. The summed E-state index contributed by atoms with van der Waals surface area (Å²) in [6.45, 7) is 0.251. The molecule has 2 heterocycles. The monoisotopic (exact) mass is 436 g/mol. The minimum absolute atomic E-state index is 0.0397. The second-order valence-electron chi connectivity index (χ2n) is 6.60. The van der Waals surface area contributed by atoms with Gasteiger partial charge in [-0.05, 0) is 37.1 Å². The molecule has 8 nitrogen and oxygen atoms in total. The van der Waals surface area contributed by atoms with Crippen molar-refractivity contribution in [1.82, 2.24) is 14.6 Å². The number of halogens is 1. The molecule has 0 saturated carbocycles.